The molecule has 0 aliphatic heterocycles. The topological polar surface area (TPSA) is 75.3 Å². The average Bonchev–Trinajstić information content (AvgIpc) is 2.59. The van der Waals surface area contributed by atoms with Crippen molar-refractivity contribution in [1.29, 1.82) is 0 Å². The predicted molar refractivity (Wildman–Crippen MR) is 111 cm³/mol. The molecule has 2 rings (SSSR count). The minimum absolute atomic E-state index is 0.178. The van der Waals surface area contributed by atoms with Crippen molar-refractivity contribution in [2.75, 3.05) is 11.6 Å². The number of sulfone groups is 1. The van der Waals surface area contributed by atoms with E-state index >= 15 is 0 Å². The van der Waals surface area contributed by atoms with E-state index in [1.54, 1.807) is 19.9 Å². The number of rotatable bonds is 7. The summed E-state index contributed by atoms with van der Waals surface area (Å²) in [4.78, 5) is 12.2. The van der Waals surface area contributed by atoms with Crippen LogP contribution in [0.4, 0.5) is 14.5 Å². The van der Waals surface area contributed by atoms with Crippen molar-refractivity contribution in [2.24, 2.45) is 0 Å². The molecule has 0 aromatic heterocycles. The third-order valence-electron chi connectivity index (χ3n) is 4.00. The van der Waals surface area contributed by atoms with Gasteiger partial charge >= 0.3 is 0 Å². The van der Waals surface area contributed by atoms with E-state index in [9.17, 15) is 22.0 Å². The highest BCUT2D eigenvalue weighted by Crippen LogP contribution is 2.27. The summed E-state index contributed by atoms with van der Waals surface area (Å²) in [6.07, 6.45) is 2.33. The van der Waals surface area contributed by atoms with Crippen molar-refractivity contribution >= 4 is 33.0 Å². The van der Waals surface area contributed by atoms with Gasteiger partial charge in [0.15, 0.2) is 9.84 Å². The van der Waals surface area contributed by atoms with Crippen LogP contribution in [0.5, 0.6) is 0 Å². The molecular weight excluding hydrogens is 422 g/mol. The second-order valence-electron chi connectivity index (χ2n) is 6.65. The second-order valence-corrected chi connectivity index (χ2v) is 8.99. The Morgan fingerprint density at radius 3 is 2.41 bits per heavy atom. The fourth-order valence-electron chi connectivity index (χ4n) is 2.56. The number of carbonyl (C=O) groups excluding carboxylic acids is 1. The Morgan fingerprint density at radius 1 is 1.14 bits per heavy atom. The molecule has 1 amide bonds. The predicted octanol–water partition coefficient (Wildman–Crippen LogP) is 4.47. The van der Waals surface area contributed by atoms with Gasteiger partial charge in [0.05, 0.1) is 5.56 Å². The van der Waals surface area contributed by atoms with Crippen LogP contribution in [-0.2, 0) is 9.84 Å². The SMILES string of the molecule is CC(Nc1ccc(C(=O)N[C@H](C)/C=C/S(C)(=O)=O)c(F)c1)c1ccc(F)cc1Cl. The fraction of sp³-hybridized carbons (Fsp3) is 0.250. The lowest BCUT2D eigenvalue weighted by Gasteiger charge is -2.18. The van der Waals surface area contributed by atoms with Gasteiger partial charge in [-0.3, -0.25) is 4.79 Å². The monoisotopic (exact) mass is 442 g/mol. The molecule has 0 radical (unpaired) electrons. The van der Waals surface area contributed by atoms with Crippen LogP contribution in [0.3, 0.4) is 0 Å². The van der Waals surface area contributed by atoms with E-state index in [0.717, 1.165) is 11.7 Å². The van der Waals surface area contributed by atoms with Crippen molar-refractivity contribution in [3.63, 3.8) is 0 Å². The van der Waals surface area contributed by atoms with Gasteiger partial charge in [0.2, 0.25) is 0 Å². The lowest BCUT2D eigenvalue weighted by molar-refractivity contribution is 0.0943. The van der Waals surface area contributed by atoms with Crippen molar-refractivity contribution < 1.29 is 22.0 Å². The number of nitrogens with one attached hydrogen (secondary N) is 2. The maximum absolute atomic E-state index is 14.4. The van der Waals surface area contributed by atoms with Crippen LogP contribution in [0.25, 0.3) is 0 Å². The molecular formula is C20H21ClF2N2O3S. The Kier molecular flexibility index (Phi) is 7.37. The van der Waals surface area contributed by atoms with E-state index in [-0.39, 0.29) is 16.6 Å². The van der Waals surface area contributed by atoms with Crippen LogP contribution in [0.2, 0.25) is 5.02 Å². The smallest absolute Gasteiger partial charge is 0.254 e. The third-order valence-corrected chi connectivity index (χ3v) is 4.98. The Labute approximate surface area is 173 Å². The van der Waals surface area contributed by atoms with E-state index in [1.807, 2.05) is 0 Å². The van der Waals surface area contributed by atoms with Gasteiger partial charge in [-0.1, -0.05) is 23.7 Å². The zero-order chi connectivity index (χ0) is 21.8. The van der Waals surface area contributed by atoms with Crippen molar-refractivity contribution in [3.8, 4) is 0 Å². The van der Waals surface area contributed by atoms with Gasteiger partial charge in [0, 0.05) is 34.5 Å². The first-order valence-electron chi connectivity index (χ1n) is 8.66. The largest absolute Gasteiger partial charge is 0.378 e. The summed E-state index contributed by atoms with van der Waals surface area (Å²) in [5.41, 5.74) is 0.876. The van der Waals surface area contributed by atoms with E-state index < -0.39 is 33.4 Å². The van der Waals surface area contributed by atoms with Crippen LogP contribution in [0.15, 0.2) is 47.9 Å². The third kappa shape index (κ3) is 6.83. The van der Waals surface area contributed by atoms with Crippen molar-refractivity contribution in [1.82, 2.24) is 5.32 Å². The molecule has 9 heteroatoms. The lowest BCUT2D eigenvalue weighted by Crippen LogP contribution is -2.31. The van der Waals surface area contributed by atoms with Gasteiger partial charge in [-0.25, -0.2) is 17.2 Å². The number of halogens is 3. The van der Waals surface area contributed by atoms with Gasteiger partial charge in [0.25, 0.3) is 5.91 Å². The number of amides is 1. The summed E-state index contributed by atoms with van der Waals surface area (Å²) in [6.45, 7) is 3.36. The minimum Gasteiger partial charge on any atom is -0.378 e. The summed E-state index contributed by atoms with van der Waals surface area (Å²) in [6, 6.07) is 7.11. The molecule has 0 aliphatic carbocycles. The quantitative estimate of drug-likeness (QED) is 0.663. The Bertz CT molecular complexity index is 1040. The molecule has 0 spiro atoms. The molecule has 0 fully saturated rings. The van der Waals surface area contributed by atoms with E-state index in [0.29, 0.717) is 11.3 Å². The molecule has 5 nitrogen and oxygen atoms in total. The lowest BCUT2D eigenvalue weighted by atomic mass is 10.1. The minimum atomic E-state index is -3.32. The molecule has 0 saturated carbocycles. The fourth-order valence-corrected chi connectivity index (χ4v) is 3.41. The highest BCUT2D eigenvalue weighted by atomic mass is 35.5. The maximum atomic E-state index is 14.4. The van der Waals surface area contributed by atoms with Crippen LogP contribution in [0.1, 0.15) is 35.8 Å². The summed E-state index contributed by atoms with van der Waals surface area (Å²) in [5, 5.41) is 6.77. The van der Waals surface area contributed by atoms with E-state index in [2.05, 4.69) is 10.6 Å². The summed E-state index contributed by atoms with van der Waals surface area (Å²) in [5.74, 6) is -1.87. The molecule has 0 bridgehead atoms. The molecule has 29 heavy (non-hydrogen) atoms. The molecule has 2 aromatic carbocycles. The number of hydrogen-bond donors (Lipinski definition) is 2. The molecule has 0 heterocycles. The summed E-state index contributed by atoms with van der Waals surface area (Å²) < 4.78 is 49.8. The molecule has 2 atom stereocenters. The first-order valence-corrected chi connectivity index (χ1v) is 11.0. The zero-order valence-electron chi connectivity index (χ0n) is 16.0. The normalized spacial score (nSPS) is 13.9. The Morgan fingerprint density at radius 2 is 1.83 bits per heavy atom. The Balaban J connectivity index is 2.09. The van der Waals surface area contributed by atoms with Crippen molar-refractivity contribution in [2.45, 2.75) is 25.9 Å². The number of hydrogen-bond acceptors (Lipinski definition) is 4. The Hall–Kier alpha value is -2.45. The standard InChI is InChI=1S/C20H21ClF2N2O3S/c1-12(8-9-29(3,27)28)24-20(26)17-7-5-15(11-19(17)23)25-13(2)16-6-4-14(22)10-18(16)21/h4-13,25H,1-3H3,(H,24,26)/b9-8+/t12-,13?/m1/s1. The van der Waals surface area contributed by atoms with Gasteiger partial charge in [-0.05, 0) is 49.7 Å². The molecule has 0 aliphatic rings. The van der Waals surface area contributed by atoms with Gasteiger partial charge < -0.3 is 10.6 Å². The molecule has 156 valence electrons. The molecule has 0 saturated heterocycles. The molecule has 2 N–H and O–H groups in total. The van der Waals surface area contributed by atoms with Crippen LogP contribution < -0.4 is 10.6 Å². The van der Waals surface area contributed by atoms with Crippen LogP contribution in [-0.4, -0.2) is 26.6 Å². The second kappa shape index (κ2) is 9.37. The molecule has 1 unspecified atom stereocenters. The number of anilines is 1. The molecule has 2 aromatic rings. The van der Waals surface area contributed by atoms with Gasteiger partial charge in [0.1, 0.15) is 11.6 Å². The summed E-state index contributed by atoms with van der Waals surface area (Å²) >= 11 is 6.04. The average molecular weight is 443 g/mol. The van der Waals surface area contributed by atoms with E-state index in [4.69, 9.17) is 11.6 Å². The summed E-state index contributed by atoms with van der Waals surface area (Å²) in [7, 11) is -3.32. The van der Waals surface area contributed by atoms with Crippen LogP contribution in [0, 0.1) is 11.6 Å². The first-order chi connectivity index (χ1) is 13.5. The maximum Gasteiger partial charge on any atom is 0.254 e. The van der Waals surface area contributed by atoms with Gasteiger partial charge in [-0.2, -0.15) is 0 Å². The zero-order valence-corrected chi connectivity index (χ0v) is 17.6. The first kappa shape index (κ1) is 22.8. The number of benzene rings is 2. The number of carbonyl (C=O) groups is 1. The van der Waals surface area contributed by atoms with Crippen LogP contribution >= 0.6 is 11.6 Å². The highest BCUT2D eigenvalue weighted by molar-refractivity contribution is 7.93. The van der Waals surface area contributed by atoms with E-state index in [1.165, 1.54) is 36.4 Å². The highest BCUT2D eigenvalue weighted by Gasteiger charge is 2.16. The van der Waals surface area contributed by atoms with Gasteiger partial charge in [-0.15, -0.1) is 0 Å². The van der Waals surface area contributed by atoms with Crippen molar-refractivity contribution in [3.05, 3.63) is 75.7 Å².